The third kappa shape index (κ3) is 2.41. The molecule has 1 aliphatic heterocycles. The van der Waals surface area contributed by atoms with Crippen LogP contribution in [0.5, 0.6) is 0 Å². The summed E-state index contributed by atoms with van der Waals surface area (Å²) in [6.45, 7) is 2.56. The molecule has 1 atom stereocenters. The molecular weight excluding hydrogens is 282 g/mol. The van der Waals surface area contributed by atoms with Gasteiger partial charge in [0.05, 0.1) is 11.1 Å². The number of rotatable bonds is 4. The number of alkyl halides is 1. The van der Waals surface area contributed by atoms with E-state index in [-0.39, 0.29) is 11.8 Å². The van der Waals surface area contributed by atoms with Gasteiger partial charge in [-0.2, -0.15) is 0 Å². The van der Waals surface area contributed by atoms with E-state index in [4.69, 9.17) is 0 Å². The Kier molecular flexibility index (Phi) is 3.62. The van der Waals surface area contributed by atoms with Gasteiger partial charge in [0.2, 0.25) is 0 Å². The fraction of sp³-hybridized carbons (Fsp3) is 0.385. The van der Waals surface area contributed by atoms with Crippen molar-refractivity contribution in [1.82, 2.24) is 4.90 Å². The molecular formula is C13H14BrNO2. The lowest BCUT2D eigenvalue weighted by atomic mass is 10.1. The molecule has 0 aliphatic carbocycles. The molecule has 4 heteroatoms. The first-order chi connectivity index (χ1) is 8.11. The van der Waals surface area contributed by atoms with Gasteiger partial charge < -0.3 is 0 Å². The maximum Gasteiger partial charge on any atom is 0.261 e. The van der Waals surface area contributed by atoms with Crippen LogP contribution in [0.3, 0.4) is 0 Å². The van der Waals surface area contributed by atoms with E-state index in [1.165, 1.54) is 4.90 Å². The Balaban J connectivity index is 2.08. The van der Waals surface area contributed by atoms with Gasteiger partial charge in [-0.05, 0) is 25.0 Å². The Labute approximate surface area is 109 Å². The molecule has 0 bridgehead atoms. The lowest BCUT2D eigenvalue weighted by Crippen LogP contribution is -2.30. The molecule has 1 unspecified atom stereocenters. The van der Waals surface area contributed by atoms with Gasteiger partial charge in [0.1, 0.15) is 0 Å². The van der Waals surface area contributed by atoms with Crippen LogP contribution >= 0.6 is 15.9 Å². The van der Waals surface area contributed by atoms with Gasteiger partial charge in [-0.1, -0.05) is 35.0 Å². The van der Waals surface area contributed by atoms with Crippen molar-refractivity contribution in [1.29, 1.82) is 0 Å². The first-order valence-corrected chi connectivity index (χ1v) is 6.62. The summed E-state index contributed by atoms with van der Waals surface area (Å²) in [5.74, 6) is -0.319. The molecule has 0 aromatic heterocycles. The third-order valence-electron chi connectivity index (χ3n) is 2.86. The van der Waals surface area contributed by atoms with Crippen molar-refractivity contribution in [2.24, 2.45) is 0 Å². The molecule has 0 saturated heterocycles. The number of nitrogens with zero attached hydrogens (tertiary/aromatic N) is 1. The van der Waals surface area contributed by atoms with E-state index < -0.39 is 0 Å². The fourth-order valence-corrected chi connectivity index (χ4v) is 2.30. The van der Waals surface area contributed by atoms with Crippen molar-refractivity contribution in [3.63, 3.8) is 0 Å². The number of hydrogen-bond acceptors (Lipinski definition) is 2. The van der Waals surface area contributed by atoms with E-state index in [1.807, 2.05) is 0 Å². The van der Waals surface area contributed by atoms with Gasteiger partial charge in [0, 0.05) is 11.4 Å². The predicted molar refractivity (Wildman–Crippen MR) is 69.4 cm³/mol. The first kappa shape index (κ1) is 12.3. The van der Waals surface area contributed by atoms with Gasteiger partial charge in [-0.25, -0.2) is 0 Å². The normalized spacial score (nSPS) is 16.2. The Bertz CT molecular complexity index is 421. The Morgan fingerprint density at radius 1 is 1.18 bits per heavy atom. The predicted octanol–water partition coefficient (Wildman–Crippen LogP) is 2.85. The Hall–Kier alpha value is -1.16. The standard InChI is InChI=1S/C13H14BrNO2/c1-9(14)5-4-8-15-12(16)10-6-2-3-7-11(10)13(15)17/h2-3,6-7,9H,4-5,8H2,1H3. The topological polar surface area (TPSA) is 37.4 Å². The van der Waals surface area contributed by atoms with Crippen LogP contribution in [0.2, 0.25) is 0 Å². The van der Waals surface area contributed by atoms with Gasteiger partial charge >= 0.3 is 0 Å². The quantitative estimate of drug-likeness (QED) is 0.633. The van der Waals surface area contributed by atoms with Crippen LogP contribution in [0, 0.1) is 0 Å². The van der Waals surface area contributed by atoms with E-state index in [9.17, 15) is 9.59 Å². The number of amides is 2. The van der Waals surface area contributed by atoms with Crippen LogP contribution < -0.4 is 0 Å². The molecule has 3 nitrogen and oxygen atoms in total. The molecule has 0 spiro atoms. The maximum absolute atomic E-state index is 12.0. The van der Waals surface area contributed by atoms with Crippen LogP contribution in [0.15, 0.2) is 24.3 Å². The SMILES string of the molecule is CC(Br)CCCN1C(=O)c2ccccc2C1=O. The highest BCUT2D eigenvalue weighted by Crippen LogP contribution is 2.22. The lowest BCUT2D eigenvalue weighted by molar-refractivity contribution is 0.0652. The summed E-state index contributed by atoms with van der Waals surface area (Å²) in [5, 5.41) is 0. The zero-order chi connectivity index (χ0) is 12.4. The largest absolute Gasteiger partial charge is 0.274 e. The summed E-state index contributed by atoms with van der Waals surface area (Å²) in [7, 11) is 0. The molecule has 2 amide bonds. The number of fused-ring (bicyclic) bond motifs is 1. The summed E-state index contributed by atoms with van der Waals surface area (Å²) in [5.41, 5.74) is 1.06. The minimum atomic E-state index is -0.159. The number of imide groups is 1. The zero-order valence-electron chi connectivity index (χ0n) is 9.65. The molecule has 1 aromatic carbocycles. The van der Waals surface area contributed by atoms with Crippen molar-refractivity contribution >= 4 is 27.7 Å². The van der Waals surface area contributed by atoms with Crippen LogP contribution in [0.1, 0.15) is 40.5 Å². The summed E-state index contributed by atoms with van der Waals surface area (Å²) in [6.07, 6.45) is 1.78. The van der Waals surface area contributed by atoms with E-state index in [1.54, 1.807) is 24.3 Å². The second-order valence-electron chi connectivity index (χ2n) is 4.23. The summed E-state index contributed by atoms with van der Waals surface area (Å²) in [6, 6.07) is 6.99. The van der Waals surface area contributed by atoms with E-state index in [2.05, 4.69) is 22.9 Å². The van der Waals surface area contributed by atoms with Crippen molar-refractivity contribution < 1.29 is 9.59 Å². The zero-order valence-corrected chi connectivity index (χ0v) is 11.2. The highest BCUT2D eigenvalue weighted by atomic mass is 79.9. The number of carbonyl (C=O) groups is 2. The van der Waals surface area contributed by atoms with Crippen molar-refractivity contribution in [2.75, 3.05) is 6.54 Å². The summed E-state index contributed by atoms with van der Waals surface area (Å²) < 4.78 is 0. The molecule has 0 saturated carbocycles. The number of halogens is 1. The monoisotopic (exact) mass is 295 g/mol. The molecule has 17 heavy (non-hydrogen) atoms. The third-order valence-corrected chi connectivity index (χ3v) is 3.32. The van der Waals surface area contributed by atoms with Crippen LogP contribution in [-0.4, -0.2) is 28.1 Å². The average Bonchev–Trinajstić information content (AvgIpc) is 2.54. The van der Waals surface area contributed by atoms with Gasteiger partial charge in [0.25, 0.3) is 11.8 Å². The van der Waals surface area contributed by atoms with E-state index in [0.29, 0.717) is 22.5 Å². The van der Waals surface area contributed by atoms with Crippen LogP contribution in [-0.2, 0) is 0 Å². The molecule has 90 valence electrons. The Morgan fingerprint density at radius 2 is 1.71 bits per heavy atom. The maximum atomic E-state index is 12.0. The molecule has 1 aromatic rings. The first-order valence-electron chi connectivity index (χ1n) is 5.70. The highest BCUT2D eigenvalue weighted by molar-refractivity contribution is 9.09. The van der Waals surface area contributed by atoms with Crippen LogP contribution in [0.25, 0.3) is 0 Å². The number of hydrogen-bond donors (Lipinski definition) is 0. The molecule has 0 N–H and O–H groups in total. The average molecular weight is 296 g/mol. The lowest BCUT2D eigenvalue weighted by Gasteiger charge is -2.13. The van der Waals surface area contributed by atoms with Crippen LogP contribution in [0.4, 0.5) is 0 Å². The molecule has 2 rings (SSSR count). The van der Waals surface area contributed by atoms with Gasteiger partial charge in [-0.15, -0.1) is 0 Å². The Morgan fingerprint density at radius 3 is 2.18 bits per heavy atom. The minimum Gasteiger partial charge on any atom is -0.274 e. The van der Waals surface area contributed by atoms with Crippen molar-refractivity contribution in [2.45, 2.75) is 24.6 Å². The number of carbonyl (C=O) groups excluding carboxylic acids is 2. The second kappa shape index (κ2) is 5.00. The molecule has 1 heterocycles. The molecule has 0 fully saturated rings. The van der Waals surface area contributed by atoms with Gasteiger partial charge in [0.15, 0.2) is 0 Å². The van der Waals surface area contributed by atoms with E-state index >= 15 is 0 Å². The number of benzene rings is 1. The fourth-order valence-electron chi connectivity index (χ4n) is 1.97. The molecule has 0 radical (unpaired) electrons. The van der Waals surface area contributed by atoms with E-state index in [0.717, 1.165) is 12.8 Å². The van der Waals surface area contributed by atoms with Gasteiger partial charge in [-0.3, -0.25) is 14.5 Å². The molecule has 1 aliphatic rings. The second-order valence-corrected chi connectivity index (χ2v) is 5.79. The summed E-state index contributed by atoms with van der Waals surface area (Å²) >= 11 is 3.45. The van der Waals surface area contributed by atoms with Crippen molar-refractivity contribution in [3.8, 4) is 0 Å². The highest BCUT2D eigenvalue weighted by Gasteiger charge is 2.34. The van der Waals surface area contributed by atoms with Crippen molar-refractivity contribution in [3.05, 3.63) is 35.4 Å². The summed E-state index contributed by atoms with van der Waals surface area (Å²) in [4.78, 5) is 25.7. The minimum absolute atomic E-state index is 0.159. The smallest absolute Gasteiger partial charge is 0.261 e.